The predicted molar refractivity (Wildman–Crippen MR) is 70.6 cm³/mol. The first kappa shape index (κ1) is 12.0. The Balaban J connectivity index is 1.77. The molecule has 1 N–H and O–H groups in total. The van der Waals surface area contributed by atoms with Gasteiger partial charge in [-0.2, -0.15) is 0 Å². The predicted octanol–water partition coefficient (Wildman–Crippen LogP) is 2.18. The van der Waals surface area contributed by atoms with Crippen LogP contribution in [0.25, 0.3) is 0 Å². The molecule has 0 spiro atoms. The normalized spacial score (nSPS) is 31.6. The summed E-state index contributed by atoms with van der Waals surface area (Å²) < 4.78 is 5.42. The Hall–Kier alpha value is -1.06. The molecular weight excluding hydrogens is 226 g/mol. The maximum Gasteiger partial charge on any atom is 0.123 e. The molecule has 3 nitrogen and oxygen atoms in total. The Bertz CT molecular complexity index is 407. The number of para-hydroxylation sites is 1. The van der Waals surface area contributed by atoms with Crippen molar-refractivity contribution in [3.8, 4) is 5.75 Å². The summed E-state index contributed by atoms with van der Waals surface area (Å²) in [7, 11) is 1.73. The van der Waals surface area contributed by atoms with E-state index in [0.29, 0.717) is 12.1 Å². The fraction of sp³-hybridized carbons (Fsp3) is 0.600. The van der Waals surface area contributed by atoms with Gasteiger partial charge in [0.05, 0.1) is 13.2 Å². The number of nitrogens with zero attached hydrogens (tertiary/aromatic N) is 1. The fourth-order valence-electron chi connectivity index (χ4n) is 3.53. The molecule has 0 amide bonds. The zero-order chi connectivity index (χ0) is 12.5. The summed E-state index contributed by atoms with van der Waals surface area (Å²) in [5, 5.41) is 9.82. The zero-order valence-electron chi connectivity index (χ0n) is 10.9. The lowest BCUT2D eigenvalue weighted by molar-refractivity contribution is 0.0307. The highest BCUT2D eigenvalue weighted by Crippen LogP contribution is 2.37. The molecule has 2 heterocycles. The standard InChI is InChI=1S/C15H21NO2/c1-18-15-5-3-2-4-11(15)10-16-12-6-7-13(16)9-14(17)8-12/h2-5,12-14,17H,6-10H2,1H3. The Labute approximate surface area is 108 Å². The Morgan fingerprint density at radius 2 is 1.89 bits per heavy atom. The van der Waals surface area contributed by atoms with Crippen LogP contribution in [0.15, 0.2) is 24.3 Å². The van der Waals surface area contributed by atoms with Crippen LogP contribution in [0.5, 0.6) is 5.75 Å². The van der Waals surface area contributed by atoms with Crippen molar-refractivity contribution in [2.24, 2.45) is 0 Å². The average Bonchev–Trinajstić information content (AvgIpc) is 2.62. The number of aliphatic hydroxyl groups excluding tert-OH is 1. The van der Waals surface area contributed by atoms with Gasteiger partial charge in [-0.15, -0.1) is 0 Å². The van der Waals surface area contributed by atoms with Crippen LogP contribution < -0.4 is 4.74 Å². The van der Waals surface area contributed by atoms with Crippen molar-refractivity contribution in [3.05, 3.63) is 29.8 Å². The molecule has 2 aliphatic heterocycles. The minimum atomic E-state index is -0.0866. The third-order valence-electron chi connectivity index (χ3n) is 4.40. The van der Waals surface area contributed by atoms with Crippen molar-refractivity contribution in [1.29, 1.82) is 0 Å². The molecule has 18 heavy (non-hydrogen) atoms. The number of piperidine rings is 1. The molecule has 3 rings (SSSR count). The molecule has 3 heteroatoms. The molecule has 1 aromatic rings. The maximum atomic E-state index is 9.82. The van der Waals surface area contributed by atoms with Gasteiger partial charge in [0.25, 0.3) is 0 Å². The molecule has 98 valence electrons. The molecular formula is C15H21NO2. The van der Waals surface area contributed by atoms with Crippen LogP contribution in [0.2, 0.25) is 0 Å². The number of hydrogen-bond donors (Lipinski definition) is 1. The number of benzene rings is 1. The fourth-order valence-corrected chi connectivity index (χ4v) is 3.53. The van der Waals surface area contributed by atoms with Gasteiger partial charge in [-0.3, -0.25) is 4.90 Å². The van der Waals surface area contributed by atoms with Gasteiger partial charge in [-0.1, -0.05) is 18.2 Å². The van der Waals surface area contributed by atoms with Gasteiger partial charge < -0.3 is 9.84 Å². The molecule has 0 aromatic heterocycles. The van der Waals surface area contributed by atoms with E-state index in [-0.39, 0.29) is 6.10 Å². The summed E-state index contributed by atoms with van der Waals surface area (Å²) in [5.74, 6) is 0.975. The van der Waals surface area contributed by atoms with Crippen LogP contribution in [-0.2, 0) is 6.54 Å². The van der Waals surface area contributed by atoms with Crippen LogP contribution >= 0.6 is 0 Å². The van der Waals surface area contributed by atoms with Gasteiger partial charge in [0, 0.05) is 24.2 Å². The smallest absolute Gasteiger partial charge is 0.123 e. The first-order chi connectivity index (χ1) is 8.78. The van der Waals surface area contributed by atoms with E-state index >= 15 is 0 Å². The average molecular weight is 247 g/mol. The van der Waals surface area contributed by atoms with Crippen LogP contribution in [0.4, 0.5) is 0 Å². The molecule has 0 aliphatic carbocycles. The zero-order valence-corrected chi connectivity index (χ0v) is 10.9. The second kappa shape index (κ2) is 4.90. The molecule has 0 saturated carbocycles. The van der Waals surface area contributed by atoms with Gasteiger partial charge in [-0.05, 0) is 31.7 Å². The minimum Gasteiger partial charge on any atom is -0.496 e. The van der Waals surface area contributed by atoms with Crippen molar-refractivity contribution in [2.45, 2.75) is 50.4 Å². The topological polar surface area (TPSA) is 32.7 Å². The minimum absolute atomic E-state index is 0.0866. The van der Waals surface area contributed by atoms with Gasteiger partial charge in [0.1, 0.15) is 5.75 Å². The largest absolute Gasteiger partial charge is 0.496 e. The quantitative estimate of drug-likeness (QED) is 0.888. The number of methoxy groups -OCH3 is 1. The van der Waals surface area contributed by atoms with Gasteiger partial charge in [0.15, 0.2) is 0 Å². The molecule has 2 fully saturated rings. The highest BCUT2D eigenvalue weighted by molar-refractivity contribution is 5.33. The van der Waals surface area contributed by atoms with E-state index in [0.717, 1.165) is 25.1 Å². The number of rotatable bonds is 3. The Morgan fingerprint density at radius 3 is 2.56 bits per heavy atom. The summed E-state index contributed by atoms with van der Waals surface area (Å²) >= 11 is 0. The van der Waals surface area contributed by atoms with E-state index < -0.39 is 0 Å². The summed E-state index contributed by atoms with van der Waals surface area (Å²) in [4.78, 5) is 2.56. The summed E-state index contributed by atoms with van der Waals surface area (Å²) in [6, 6.07) is 9.36. The number of aliphatic hydroxyl groups is 1. The van der Waals surface area contributed by atoms with Crippen molar-refractivity contribution in [1.82, 2.24) is 4.90 Å². The first-order valence-electron chi connectivity index (χ1n) is 6.83. The van der Waals surface area contributed by atoms with Gasteiger partial charge in [-0.25, -0.2) is 0 Å². The Kier molecular flexibility index (Phi) is 3.27. The second-order valence-electron chi connectivity index (χ2n) is 5.49. The summed E-state index contributed by atoms with van der Waals surface area (Å²) in [5.41, 5.74) is 1.26. The molecule has 1 aromatic carbocycles. The molecule has 2 unspecified atom stereocenters. The molecule has 2 saturated heterocycles. The molecule has 2 bridgehead atoms. The van der Waals surface area contributed by atoms with E-state index in [1.54, 1.807) is 7.11 Å². The summed E-state index contributed by atoms with van der Waals surface area (Å²) in [6.07, 6.45) is 4.25. The first-order valence-corrected chi connectivity index (χ1v) is 6.83. The van der Waals surface area contributed by atoms with E-state index in [4.69, 9.17) is 4.74 Å². The van der Waals surface area contributed by atoms with Crippen LogP contribution in [0.3, 0.4) is 0 Å². The van der Waals surface area contributed by atoms with Crippen LogP contribution in [0.1, 0.15) is 31.2 Å². The van der Waals surface area contributed by atoms with E-state index in [1.165, 1.54) is 18.4 Å². The van der Waals surface area contributed by atoms with Crippen LogP contribution in [-0.4, -0.2) is 35.3 Å². The second-order valence-corrected chi connectivity index (χ2v) is 5.49. The van der Waals surface area contributed by atoms with E-state index in [2.05, 4.69) is 17.0 Å². The van der Waals surface area contributed by atoms with E-state index in [1.807, 2.05) is 12.1 Å². The third-order valence-corrected chi connectivity index (χ3v) is 4.40. The molecule has 2 atom stereocenters. The Morgan fingerprint density at radius 1 is 1.22 bits per heavy atom. The number of hydrogen-bond acceptors (Lipinski definition) is 3. The summed E-state index contributed by atoms with van der Waals surface area (Å²) in [6.45, 7) is 0.950. The van der Waals surface area contributed by atoms with Crippen LogP contribution in [0, 0.1) is 0 Å². The highest BCUT2D eigenvalue weighted by Gasteiger charge is 2.40. The van der Waals surface area contributed by atoms with E-state index in [9.17, 15) is 5.11 Å². The van der Waals surface area contributed by atoms with Crippen molar-refractivity contribution in [3.63, 3.8) is 0 Å². The lowest BCUT2D eigenvalue weighted by Gasteiger charge is -2.37. The van der Waals surface area contributed by atoms with Crippen molar-refractivity contribution < 1.29 is 9.84 Å². The highest BCUT2D eigenvalue weighted by atomic mass is 16.5. The lowest BCUT2D eigenvalue weighted by atomic mass is 9.99. The van der Waals surface area contributed by atoms with Gasteiger partial charge in [0.2, 0.25) is 0 Å². The maximum absolute atomic E-state index is 9.82. The lowest BCUT2D eigenvalue weighted by Crippen LogP contribution is -2.44. The number of ether oxygens (including phenoxy) is 1. The molecule has 0 radical (unpaired) electrons. The third kappa shape index (κ3) is 2.13. The monoisotopic (exact) mass is 247 g/mol. The van der Waals surface area contributed by atoms with Crippen molar-refractivity contribution in [2.75, 3.05) is 7.11 Å². The number of fused-ring (bicyclic) bond motifs is 2. The SMILES string of the molecule is COc1ccccc1CN1C2CCC1CC(O)C2. The molecule has 2 aliphatic rings. The van der Waals surface area contributed by atoms with Crippen molar-refractivity contribution >= 4 is 0 Å². The van der Waals surface area contributed by atoms with Gasteiger partial charge >= 0.3 is 0 Å².